The van der Waals surface area contributed by atoms with Gasteiger partial charge in [0.2, 0.25) is 0 Å². The first-order valence-corrected chi connectivity index (χ1v) is 10.9. The molecule has 2 nitrogen and oxygen atoms in total. The van der Waals surface area contributed by atoms with Gasteiger partial charge in [0.25, 0.3) is 0 Å². The Balaban J connectivity index is 1.91. The molecular formula is C26H36NO+. The van der Waals surface area contributed by atoms with Gasteiger partial charge in [-0.1, -0.05) is 49.4 Å². The Labute approximate surface area is 171 Å². The molecule has 1 unspecified atom stereocenters. The van der Waals surface area contributed by atoms with Crippen molar-refractivity contribution in [3.8, 4) is 0 Å². The van der Waals surface area contributed by atoms with Crippen molar-refractivity contribution in [2.75, 3.05) is 13.1 Å². The van der Waals surface area contributed by atoms with Crippen LogP contribution in [0, 0.1) is 20.8 Å². The largest absolute Gasteiger partial charge is 0.311 e. The molecule has 2 aromatic carbocycles. The van der Waals surface area contributed by atoms with Crippen molar-refractivity contribution >= 4 is 5.78 Å². The number of hydrogen-bond acceptors (Lipinski definition) is 1. The second-order valence-electron chi connectivity index (χ2n) is 8.75. The van der Waals surface area contributed by atoms with E-state index in [1.165, 1.54) is 47.1 Å². The molecule has 0 bridgehead atoms. The SMILES string of the molecule is CCC(C(=O)Cc1c(C)cccc1C)[N+]1(Cc2ccccc2C)CCCCC1. The van der Waals surface area contributed by atoms with Crippen LogP contribution in [0.3, 0.4) is 0 Å². The first-order valence-electron chi connectivity index (χ1n) is 10.9. The van der Waals surface area contributed by atoms with Crippen LogP contribution in [-0.4, -0.2) is 29.4 Å². The average Bonchev–Trinajstić information content (AvgIpc) is 2.68. The van der Waals surface area contributed by atoms with E-state index in [0.717, 1.165) is 30.5 Å². The van der Waals surface area contributed by atoms with Gasteiger partial charge in [-0.25, -0.2) is 0 Å². The van der Waals surface area contributed by atoms with Crippen LogP contribution >= 0.6 is 0 Å². The summed E-state index contributed by atoms with van der Waals surface area (Å²) in [6.45, 7) is 11.9. The Hall–Kier alpha value is -1.93. The molecule has 0 aliphatic carbocycles. The summed E-state index contributed by atoms with van der Waals surface area (Å²) >= 11 is 0. The van der Waals surface area contributed by atoms with E-state index in [9.17, 15) is 4.79 Å². The van der Waals surface area contributed by atoms with E-state index < -0.39 is 0 Å². The van der Waals surface area contributed by atoms with E-state index in [1.54, 1.807) is 0 Å². The maximum Gasteiger partial charge on any atom is 0.194 e. The second-order valence-corrected chi connectivity index (χ2v) is 8.75. The molecule has 0 saturated carbocycles. The quantitative estimate of drug-likeness (QED) is 0.565. The van der Waals surface area contributed by atoms with Gasteiger partial charge in [0.05, 0.1) is 13.1 Å². The molecule has 0 spiro atoms. The predicted molar refractivity (Wildman–Crippen MR) is 117 cm³/mol. The summed E-state index contributed by atoms with van der Waals surface area (Å²) in [7, 11) is 0. The van der Waals surface area contributed by atoms with Gasteiger partial charge in [-0.05, 0) is 62.3 Å². The van der Waals surface area contributed by atoms with Crippen molar-refractivity contribution in [2.45, 2.75) is 72.4 Å². The van der Waals surface area contributed by atoms with Crippen LogP contribution in [0.25, 0.3) is 0 Å². The van der Waals surface area contributed by atoms with Crippen LogP contribution < -0.4 is 0 Å². The molecule has 1 fully saturated rings. The van der Waals surface area contributed by atoms with Crippen molar-refractivity contribution in [2.24, 2.45) is 0 Å². The zero-order chi connectivity index (χ0) is 20.1. The molecule has 1 atom stereocenters. The van der Waals surface area contributed by atoms with Gasteiger partial charge in [-0.3, -0.25) is 4.79 Å². The fourth-order valence-electron chi connectivity index (χ4n) is 5.19. The van der Waals surface area contributed by atoms with Crippen LogP contribution in [0.5, 0.6) is 0 Å². The number of Topliss-reactive ketones (excluding diaryl/α,β-unsaturated/α-hetero) is 1. The van der Waals surface area contributed by atoms with Crippen molar-refractivity contribution in [3.63, 3.8) is 0 Å². The number of nitrogens with zero attached hydrogens (tertiary/aromatic N) is 1. The monoisotopic (exact) mass is 378 g/mol. The zero-order valence-corrected chi connectivity index (χ0v) is 18.1. The standard InChI is InChI=1S/C26H36NO/c1-5-25(26(28)18-24-21(3)13-11-14-22(24)4)27(16-9-6-10-17-27)19-23-15-8-7-12-20(23)2/h7-8,11-15,25H,5-6,9-10,16-19H2,1-4H3/q+1. The first kappa shape index (κ1) is 20.8. The van der Waals surface area contributed by atoms with Gasteiger partial charge < -0.3 is 4.48 Å². The van der Waals surface area contributed by atoms with Crippen LogP contribution in [0.2, 0.25) is 0 Å². The zero-order valence-electron chi connectivity index (χ0n) is 18.1. The lowest BCUT2D eigenvalue weighted by atomic mass is 9.90. The van der Waals surface area contributed by atoms with E-state index in [4.69, 9.17) is 0 Å². The number of benzene rings is 2. The minimum absolute atomic E-state index is 0.0962. The van der Waals surface area contributed by atoms with Crippen molar-refractivity contribution in [1.82, 2.24) is 0 Å². The summed E-state index contributed by atoms with van der Waals surface area (Å²) < 4.78 is 0.950. The van der Waals surface area contributed by atoms with Crippen LogP contribution in [0.4, 0.5) is 0 Å². The number of carbonyl (C=O) groups is 1. The van der Waals surface area contributed by atoms with Crippen LogP contribution in [0.15, 0.2) is 42.5 Å². The molecule has 1 saturated heterocycles. The van der Waals surface area contributed by atoms with Crippen LogP contribution in [0.1, 0.15) is 60.4 Å². The van der Waals surface area contributed by atoms with Gasteiger partial charge >= 0.3 is 0 Å². The minimum atomic E-state index is 0.0962. The highest BCUT2D eigenvalue weighted by atomic mass is 16.1. The maximum absolute atomic E-state index is 13.6. The summed E-state index contributed by atoms with van der Waals surface area (Å²) in [6.07, 6.45) is 5.27. The summed E-state index contributed by atoms with van der Waals surface area (Å²) in [5.74, 6) is 0.426. The van der Waals surface area contributed by atoms with Crippen molar-refractivity contribution < 1.29 is 9.28 Å². The molecule has 1 heterocycles. The molecule has 0 aromatic heterocycles. The highest BCUT2D eigenvalue weighted by Crippen LogP contribution is 2.30. The second kappa shape index (κ2) is 9.05. The Morgan fingerprint density at radius 2 is 1.50 bits per heavy atom. The van der Waals surface area contributed by atoms with Gasteiger partial charge in [0.1, 0.15) is 12.6 Å². The molecule has 0 N–H and O–H groups in total. The lowest BCUT2D eigenvalue weighted by molar-refractivity contribution is -0.959. The highest BCUT2D eigenvalue weighted by molar-refractivity contribution is 5.85. The number of piperidine rings is 1. The maximum atomic E-state index is 13.6. The molecule has 0 radical (unpaired) electrons. The minimum Gasteiger partial charge on any atom is -0.311 e. The van der Waals surface area contributed by atoms with Gasteiger partial charge in [-0.15, -0.1) is 0 Å². The topological polar surface area (TPSA) is 17.1 Å². The summed E-state index contributed by atoms with van der Waals surface area (Å²) in [5.41, 5.74) is 6.47. The molecule has 1 aliphatic heterocycles. The lowest BCUT2D eigenvalue weighted by Crippen LogP contribution is -2.60. The average molecular weight is 379 g/mol. The van der Waals surface area contributed by atoms with Crippen molar-refractivity contribution in [1.29, 1.82) is 0 Å². The third-order valence-corrected chi connectivity index (χ3v) is 6.87. The van der Waals surface area contributed by atoms with Gasteiger partial charge in [0, 0.05) is 18.4 Å². The van der Waals surface area contributed by atoms with Gasteiger partial charge in [0.15, 0.2) is 5.78 Å². The molecule has 1 aliphatic rings. The predicted octanol–water partition coefficient (Wildman–Crippen LogP) is 5.70. The number of likely N-dealkylation sites (tertiary alicyclic amines) is 1. The lowest BCUT2D eigenvalue weighted by Gasteiger charge is -2.47. The third-order valence-electron chi connectivity index (χ3n) is 6.87. The molecule has 3 rings (SSSR count). The molecule has 28 heavy (non-hydrogen) atoms. The normalized spacial score (nSPS) is 17.3. The van der Waals surface area contributed by atoms with Gasteiger partial charge in [-0.2, -0.15) is 0 Å². The van der Waals surface area contributed by atoms with E-state index in [0.29, 0.717) is 12.2 Å². The van der Waals surface area contributed by atoms with Crippen molar-refractivity contribution in [3.05, 3.63) is 70.3 Å². The molecular weight excluding hydrogens is 342 g/mol. The molecule has 0 amide bonds. The van der Waals surface area contributed by atoms with Crippen LogP contribution in [-0.2, 0) is 17.8 Å². The number of aryl methyl sites for hydroxylation is 3. The smallest absolute Gasteiger partial charge is 0.194 e. The molecule has 2 aromatic rings. The number of ketones is 1. The molecule has 2 heteroatoms. The van der Waals surface area contributed by atoms with E-state index in [2.05, 4.69) is 70.2 Å². The number of carbonyl (C=O) groups excluding carboxylic acids is 1. The number of quaternary nitrogens is 1. The van der Waals surface area contributed by atoms with E-state index >= 15 is 0 Å². The number of rotatable bonds is 7. The Morgan fingerprint density at radius 3 is 2.11 bits per heavy atom. The number of hydrogen-bond donors (Lipinski definition) is 0. The summed E-state index contributed by atoms with van der Waals surface area (Å²) in [6, 6.07) is 15.2. The van der Waals surface area contributed by atoms with E-state index in [1.807, 2.05) is 0 Å². The summed E-state index contributed by atoms with van der Waals surface area (Å²) in [5, 5.41) is 0. The third kappa shape index (κ3) is 4.38. The molecule has 150 valence electrons. The Morgan fingerprint density at radius 1 is 0.893 bits per heavy atom. The Kier molecular flexibility index (Phi) is 6.72. The van der Waals surface area contributed by atoms with E-state index in [-0.39, 0.29) is 6.04 Å². The summed E-state index contributed by atoms with van der Waals surface area (Å²) in [4.78, 5) is 13.6. The Bertz CT molecular complexity index is 797. The fourth-order valence-corrected chi connectivity index (χ4v) is 5.19. The highest BCUT2D eigenvalue weighted by Gasteiger charge is 2.41. The first-order chi connectivity index (χ1) is 13.5. The fraction of sp³-hybridized carbons (Fsp3) is 0.500.